The van der Waals surface area contributed by atoms with Gasteiger partial charge in [0.25, 0.3) is 0 Å². The molecular weight excluding hydrogens is 264 g/mol. The molecule has 19 heavy (non-hydrogen) atoms. The second kappa shape index (κ2) is 4.73. The number of hydrogen-bond acceptors (Lipinski definition) is 2. The Morgan fingerprint density at radius 1 is 1.32 bits per heavy atom. The summed E-state index contributed by atoms with van der Waals surface area (Å²) in [5, 5.41) is 11.6. The van der Waals surface area contributed by atoms with Gasteiger partial charge in [-0.3, -0.25) is 0 Å². The number of fused-ring (bicyclic) bond motifs is 1. The van der Waals surface area contributed by atoms with Gasteiger partial charge in [0.15, 0.2) is 0 Å². The van der Waals surface area contributed by atoms with Crippen molar-refractivity contribution >= 4 is 16.6 Å². The quantitative estimate of drug-likeness (QED) is 0.846. The molecule has 1 aromatic heterocycles. The van der Waals surface area contributed by atoms with E-state index < -0.39 is 17.6 Å². The molecule has 104 valence electrons. The fourth-order valence-electron chi connectivity index (χ4n) is 1.99. The van der Waals surface area contributed by atoms with Crippen molar-refractivity contribution in [3.8, 4) is 0 Å². The summed E-state index contributed by atoms with van der Waals surface area (Å²) in [5.41, 5.74) is -0.583. The second-order valence-corrected chi connectivity index (χ2v) is 4.16. The van der Waals surface area contributed by atoms with Crippen LogP contribution in [0.4, 0.5) is 23.2 Å². The molecule has 7 heteroatoms. The van der Waals surface area contributed by atoms with Crippen LogP contribution in [0.15, 0.2) is 18.3 Å². The molecule has 0 saturated heterocycles. The minimum Gasteiger partial charge on any atom is -0.395 e. The number of aryl methyl sites for hydroxylation is 1. The number of hydrogen-bond donors (Lipinski definition) is 2. The predicted octanol–water partition coefficient (Wildman–Crippen LogP) is 2.74. The van der Waals surface area contributed by atoms with E-state index in [0.29, 0.717) is 11.8 Å². The molecule has 0 atom stereocenters. The molecule has 2 aromatic rings. The average molecular weight is 276 g/mol. The number of halogens is 4. The molecular formula is C12H12F4N2O. The van der Waals surface area contributed by atoms with Gasteiger partial charge in [0.2, 0.25) is 0 Å². The number of benzene rings is 1. The van der Waals surface area contributed by atoms with E-state index in [4.69, 9.17) is 5.11 Å². The molecule has 2 N–H and O–H groups in total. The molecule has 0 spiro atoms. The van der Waals surface area contributed by atoms with Crippen molar-refractivity contribution in [2.75, 3.05) is 18.5 Å². The maximum absolute atomic E-state index is 13.8. The van der Waals surface area contributed by atoms with Gasteiger partial charge in [-0.2, -0.15) is 13.2 Å². The smallest absolute Gasteiger partial charge is 0.395 e. The van der Waals surface area contributed by atoms with Crippen molar-refractivity contribution in [1.82, 2.24) is 4.57 Å². The Morgan fingerprint density at radius 2 is 2.00 bits per heavy atom. The van der Waals surface area contributed by atoms with E-state index in [0.717, 1.165) is 6.07 Å². The third-order valence-electron chi connectivity index (χ3n) is 2.78. The number of aliphatic hydroxyl groups excluding tert-OH is 1. The normalized spacial score (nSPS) is 12.1. The number of nitrogens with zero attached hydrogens (tertiary/aromatic N) is 1. The van der Waals surface area contributed by atoms with E-state index in [1.54, 1.807) is 7.05 Å². The number of nitrogens with one attached hydrogen (secondary N) is 1. The van der Waals surface area contributed by atoms with Crippen LogP contribution in [0, 0.1) is 5.82 Å². The van der Waals surface area contributed by atoms with Crippen molar-refractivity contribution in [1.29, 1.82) is 0 Å². The lowest BCUT2D eigenvalue weighted by Crippen LogP contribution is -2.07. The monoisotopic (exact) mass is 276 g/mol. The summed E-state index contributed by atoms with van der Waals surface area (Å²) in [4.78, 5) is 0. The summed E-state index contributed by atoms with van der Waals surface area (Å²) < 4.78 is 53.1. The molecule has 0 amide bonds. The molecule has 0 aliphatic rings. The first-order valence-electron chi connectivity index (χ1n) is 5.55. The molecule has 0 bridgehead atoms. The van der Waals surface area contributed by atoms with Crippen LogP contribution in [0.5, 0.6) is 0 Å². The van der Waals surface area contributed by atoms with Gasteiger partial charge < -0.3 is 15.0 Å². The van der Waals surface area contributed by atoms with Crippen molar-refractivity contribution in [3.63, 3.8) is 0 Å². The first-order chi connectivity index (χ1) is 8.84. The van der Waals surface area contributed by atoms with Crippen LogP contribution < -0.4 is 5.32 Å². The maximum Gasteiger partial charge on any atom is 0.416 e. The molecule has 0 saturated carbocycles. The zero-order chi connectivity index (χ0) is 14.2. The minimum atomic E-state index is -4.60. The van der Waals surface area contributed by atoms with Crippen LogP contribution in [0.1, 0.15) is 5.56 Å². The maximum atomic E-state index is 13.8. The largest absolute Gasteiger partial charge is 0.416 e. The van der Waals surface area contributed by atoms with Gasteiger partial charge in [-0.25, -0.2) is 4.39 Å². The number of anilines is 1. The Balaban J connectivity index is 2.63. The van der Waals surface area contributed by atoms with Crippen LogP contribution in [0.2, 0.25) is 0 Å². The summed E-state index contributed by atoms with van der Waals surface area (Å²) in [6.07, 6.45) is -3.11. The number of alkyl halides is 3. The summed E-state index contributed by atoms with van der Waals surface area (Å²) in [6.45, 7) is 0.00874. The van der Waals surface area contributed by atoms with Crippen molar-refractivity contribution in [2.45, 2.75) is 6.18 Å². The van der Waals surface area contributed by atoms with Gasteiger partial charge in [0, 0.05) is 25.2 Å². The Bertz CT molecular complexity index is 604. The summed E-state index contributed by atoms with van der Waals surface area (Å²) in [6, 6.07) is 1.39. The molecule has 1 aromatic carbocycles. The number of aromatic nitrogens is 1. The Morgan fingerprint density at radius 3 is 2.58 bits per heavy atom. The van der Waals surface area contributed by atoms with Crippen LogP contribution in [-0.4, -0.2) is 22.8 Å². The van der Waals surface area contributed by atoms with Crippen LogP contribution in [0.3, 0.4) is 0 Å². The van der Waals surface area contributed by atoms with E-state index >= 15 is 0 Å². The summed E-state index contributed by atoms with van der Waals surface area (Å²) in [7, 11) is 1.54. The Labute approximate surface area is 106 Å². The standard InChI is InChI=1S/C12H12F4N2O/c1-18-6-10(17-2-3-19)8-4-7(12(14,15)16)5-9(13)11(8)18/h4-6,17,19H,2-3H2,1H3. The number of rotatable bonds is 3. The van der Waals surface area contributed by atoms with Gasteiger partial charge in [0.05, 0.1) is 23.4 Å². The second-order valence-electron chi connectivity index (χ2n) is 4.16. The lowest BCUT2D eigenvalue weighted by atomic mass is 10.1. The topological polar surface area (TPSA) is 37.2 Å². The van der Waals surface area contributed by atoms with Gasteiger partial charge >= 0.3 is 6.18 Å². The van der Waals surface area contributed by atoms with Gasteiger partial charge in [-0.1, -0.05) is 0 Å². The molecule has 0 unspecified atom stereocenters. The molecule has 0 radical (unpaired) electrons. The van der Waals surface area contributed by atoms with Gasteiger partial charge in [-0.15, -0.1) is 0 Å². The Kier molecular flexibility index (Phi) is 3.40. The third-order valence-corrected chi connectivity index (χ3v) is 2.78. The molecule has 0 aliphatic carbocycles. The summed E-state index contributed by atoms with van der Waals surface area (Å²) >= 11 is 0. The van der Waals surface area contributed by atoms with Crippen LogP contribution in [0.25, 0.3) is 10.9 Å². The zero-order valence-electron chi connectivity index (χ0n) is 10.1. The zero-order valence-corrected chi connectivity index (χ0v) is 10.1. The molecule has 3 nitrogen and oxygen atoms in total. The van der Waals surface area contributed by atoms with E-state index in [-0.39, 0.29) is 24.1 Å². The lowest BCUT2D eigenvalue weighted by Gasteiger charge is -2.09. The van der Waals surface area contributed by atoms with Crippen LogP contribution in [-0.2, 0) is 13.2 Å². The highest BCUT2D eigenvalue weighted by Gasteiger charge is 2.32. The van der Waals surface area contributed by atoms with Crippen molar-refractivity contribution in [2.24, 2.45) is 7.05 Å². The fraction of sp³-hybridized carbons (Fsp3) is 0.333. The Hall–Kier alpha value is -1.76. The van der Waals surface area contributed by atoms with E-state index in [9.17, 15) is 17.6 Å². The van der Waals surface area contributed by atoms with E-state index in [1.807, 2.05) is 0 Å². The highest BCUT2D eigenvalue weighted by molar-refractivity contribution is 5.94. The van der Waals surface area contributed by atoms with Crippen molar-refractivity contribution in [3.05, 3.63) is 29.7 Å². The van der Waals surface area contributed by atoms with E-state index in [2.05, 4.69) is 5.32 Å². The first kappa shape index (κ1) is 13.7. The average Bonchev–Trinajstić information content (AvgIpc) is 2.63. The third kappa shape index (κ3) is 2.51. The van der Waals surface area contributed by atoms with Gasteiger partial charge in [0.1, 0.15) is 5.82 Å². The fourth-order valence-corrected chi connectivity index (χ4v) is 1.99. The molecule has 1 heterocycles. The lowest BCUT2D eigenvalue weighted by molar-refractivity contribution is -0.137. The number of aliphatic hydroxyl groups is 1. The SMILES string of the molecule is Cn1cc(NCCO)c2cc(C(F)(F)F)cc(F)c21. The molecule has 2 rings (SSSR count). The van der Waals surface area contributed by atoms with Gasteiger partial charge in [-0.05, 0) is 12.1 Å². The highest BCUT2D eigenvalue weighted by Crippen LogP contribution is 2.35. The van der Waals surface area contributed by atoms with E-state index in [1.165, 1.54) is 10.8 Å². The minimum absolute atomic E-state index is 0.0911. The molecule has 0 aliphatic heterocycles. The first-order valence-corrected chi connectivity index (χ1v) is 5.55. The van der Waals surface area contributed by atoms with Crippen LogP contribution >= 0.6 is 0 Å². The predicted molar refractivity (Wildman–Crippen MR) is 63.5 cm³/mol. The molecule has 0 fully saturated rings. The highest BCUT2D eigenvalue weighted by atomic mass is 19.4. The van der Waals surface area contributed by atoms with Crippen molar-refractivity contribution < 1.29 is 22.7 Å². The summed E-state index contributed by atoms with van der Waals surface area (Å²) in [5.74, 6) is -0.927.